The van der Waals surface area contributed by atoms with Crippen molar-refractivity contribution in [1.29, 1.82) is 0 Å². The molecular formula is C13H12ClFN2O. The molecule has 0 amide bonds. The summed E-state index contributed by atoms with van der Waals surface area (Å²) in [5.41, 5.74) is 7.56. The van der Waals surface area contributed by atoms with Crippen molar-refractivity contribution in [3.05, 3.63) is 47.2 Å². The van der Waals surface area contributed by atoms with Crippen LogP contribution in [0.5, 0.6) is 5.75 Å². The lowest BCUT2D eigenvalue weighted by Gasteiger charge is -2.11. The summed E-state index contributed by atoms with van der Waals surface area (Å²) >= 11 is 5.77. The van der Waals surface area contributed by atoms with Gasteiger partial charge in [0.25, 0.3) is 0 Å². The van der Waals surface area contributed by atoms with Crippen molar-refractivity contribution < 1.29 is 9.13 Å². The van der Waals surface area contributed by atoms with Crippen molar-refractivity contribution in [1.82, 2.24) is 0 Å². The average Bonchev–Trinajstić information content (AvgIpc) is 2.30. The van der Waals surface area contributed by atoms with E-state index in [2.05, 4.69) is 5.32 Å². The molecule has 0 aliphatic carbocycles. The summed E-state index contributed by atoms with van der Waals surface area (Å²) in [6.45, 7) is 0. The molecule has 0 radical (unpaired) electrons. The first-order valence-electron chi connectivity index (χ1n) is 5.25. The molecule has 0 bridgehead atoms. The van der Waals surface area contributed by atoms with E-state index in [0.717, 1.165) is 0 Å². The molecule has 0 aliphatic heterocycles. The van der Waals surface area contributed by atoms with E-state index in [1.54, 1.807) is 31.4 Å². The Hall–Kier alpha value is -1.94. The first-order chi connectivity index (χ1) is 8.58. The van der Waals surface area contributed by atoms with Crippen LogP contribution >= 0.6 is 11.6 Å². The molecule has 3 nitrogen and oxygen atoms in total. The maximum absolute atomic E-state index is 13.2. The number of anilines is 3. The second-order valence-corrected chi connectivity index (χ2v) is 4.17. The molecule has 2 rings (SSSR count). The maximum Gasteiger partial charge on any atom is 0.126 e. The SMILES string of the molecule is COc1ccc(Nc2cc(F)cc(Cl)c2)c(N)c1. The van der Waals surface area contributed by atoms with Crippen LogP contribution in [0.4, 0.5) is 21.5 Å². The van der Waals surface area contributed by atoms with Gasteiger partial charge in [-0.15, -0.1) is 0 Å². The third-order valence-electron chi connectivity index (χ3n) is 2.40. The van der Waals surface area contributed by atoms with Gasteiger partial charge in [-0.05, 0) is 30.3 Å². The Morgan fingerprint density at radius 3 is 2.61 bits per heavy atom. The molecule has 0 aromatic heterocycles. The number of methoxy groups -OCH3 is 1. The molecular weight excluding hydrogens is 255 g/mol. The van der Waals surface area contributed by atoms with Gasteiger partial charge in [-0.25, -0.2) is 4.39 Å². The summed E-state index contributed by atoms with van der Waals surface area (Å²) in [7, 11) is 1.56. The molecule has 5 heteroatoms. The summed E-state index contributed by atoms with van der Waals surface area (Å²) in [6, 6.07) is 9.41. The van der Waals surface area contributed by atoms with Gasteiger partial charge in [-0.2, -0.15) is 0 Å². The minimum Gasteiger partial charge on any atom is -0.497 e. The Balaban J connectivity index is 2.28. The Kier molecular flexibility index (Phi) is 3.58. The van der Waals surface area contributed by atoms with E-state index in [4.69, 9.17) is 22.1 Å². The van der Waals surface area contributed by atoms with Gasteiger partial charge in [-0.3, -0.25) is 0 Å². The van der Waals surface area contributed by atoms with Gasteiger partial charge < -0.3 is 15.8 Å². The molecule has 18 heavy (non-hydrogen) atoms. The van der Waals surface area contributed by atoms with Crippen LogP contribution < -0.4 is 15.8 Å². The number of rotatable bonds is 3. The average molecular weight is 267 g/mol. The lowest BCUT2D eigenvalue weighted by Crippen LogP contribution is -1.97. The topological polar surface area (TPSA) is 47.3 Å². The van der Waals surface area contributed by atoms with Gasteiger partial charge in [0.05, 0.1) is 18.5 Å². The van der Waals surface area contributed by atoms with Crippen LogP contribution in [0.2, 0.25) is 5.02 Å². The normalized spacial score (nSPS) is 10.2. The predicted octanol–water partition coefficient (Wildman–Crippen LogP) is 3.81. The lowest BCUT2D eigenvalue weighted by atomic mass is 10.2. The molecule has 0 spiro atoms. The summed E-state index contributed by atoms with van der Waals surface area (Å²) in [5.74, 6) is 0.257. The van der Waals surface area contributed by atoms with Crippen LogP contribution in [0, 0.1) is 5.82 Å². The van der Waals surface area contributed by atoms with E-state index in [0.29, 0.717) is 27.8 Å². The van der Waals surface area contributed by atoms with E-state index in [9.17, 15) is 4.39 Å². The highest BCUT2D eigenvalue weighted by atomic mass is 35.5. The first-order valence-corrected chi connectivity index (χ1v) is 5.63. The zero-order chi connectivity index (χ0) is 13.1. The van der Waals surface area contributed by atoms with Crippen LogP contribution in [0.25, 0.3) is 0 Å². The summed E-state index contributed by atoms with van der Waals surface area (Å²) in [6.07, 6.45) is 0. The van der Waals surface area contributed by atoms with E-state index >= 15 is 0 Å². The van der Waals surface area contributed by atoms with Crippen molar-refractivity contribution >= 4 is 28.7 Å². The summed E-state index contributed by atoms with van der Waals surface area (Å²) in [4.78, 5) is 0. The monoisotopic (exact) mass is 266 g/mol. The number of halogens is 2. The second-order valence-electron chi connectivity index (χ2n) is 3.74. The molecule has 0 heterocycles. The number of nitrogens with two attached hydrogens (primary N) is 1. The predicted molar refractivity (Wildman–Crippen MR) is 72.1 cm³/mol. The quantitative estimate of drug-likeness (QED) is 0.831. The van der Waals surface area contributed by atoms with Crippen LogP contribution in [0.1, 0.15) is 0 Å². The third-order valence-corrected chi connectivity index (χ3v) is 2.62. The highest BCUT2D eigenvalue weighted by Crippen LogP contribution is 2.28. The molecule has 0 saturated heterocycles. The largest absolute Gasteiger partial charge is 0.497 e. The minimum absolute atomic E-state index is 0.324. The maximum atomic E-state index is 13.2. The fourth-order valence-electron chi connectivity index (χ4n) is 1.56. The molecule has 0 saturated carbocycles. The molecule has 3 N–H and O–H groups in total. The number of nitrogen functional groups attached to an aromatic ring is 1. The van der Waals surface area contributed by atoms with Crippen molar-refractivity contribution in [3.63, 3.8) is 0 Å². The first kappa shape index (κ1) is 12.5. The number of ether oxygens (including phenoxy) is 1. The molecule has 2 aromatic carbocycles. The second kappa shape index (κ2) is 5.14. The van der Waals surface area contributed by atoms with E-state index < -0.39 is 5.82 Å². The number of hydrogen-bond donors (Lipinski definition) is 2. The molecule has 2 aromatic rings. The minimum atomic E-state index is -0.405. The van der Waals surface area contributed by atoms with E-state index in [1.807, 2.05) is 0 Å². The van der Waals surface area contributed by atoms with Crippen molar-refractivity contribution in [2.45, 2.75) is 0 Å². The highest BCUT2D eigenvalue weighted by Gasteiger charge is 2.04. The molecule has 0 aliphatic rings. The van der Waals surface area contributed by atoms with Gasteiger partial charge in [0, 0.05) is 16.8 Å². The fraction of sp³-hybridized carbons (Fsp3) is 0.0769. The van der Waals surface area contributed by atoms with Crippen molar-refractivity contribution in [2.24, 2.45) is 0 Å². The lowest BCUT2D eigenvalue weighted by molar-refractivity contribution is 0.415. The smallest absolute Gasteiger partial charge is 0.126 e. The Bertz CT molecular complexity index is 555. The van der Waals surface area contributed by atoms with Gasteiger partial charge in [0.1, 0.15) is 11.6 Å². The van der Waals surface area contributed by atoms with Crippen LogP contribution in [0.3, 0.4) is 0 Å². The van der Waals surface area contributed by atoms with Crippen molar-refractivity contribution in [3.8, 4) is 5.75 Å². The molecule has 0 atom stereocenters. The molecule has 0 unspecified atom stereocenters. The number of benzene rings is 2. The number of nitrogens with one attached hydrogen (secondary N) is 1. The van der Waals surface area contributed by atoms with Gasteiger partial charge in [0.15, 0.2) is 0 Å². The number of hydrogen-bond acceptors (Lipinski definition) is 3. The van der Waals surface area contributed by atoms with Gasteiger partial charge in [-0.1, -0.05) is 11.6 Å². The fourth-order valence-corrected chi connectivity index (χ4v) is 1.78. The van der Waals surface area contributed by atoms with Crippen LogP contribution in [0.15, 0.2) is 36.4 Å². The van der Waals surface area contributed by atoms with Crippen molar-refractivity contribution in [2.75, 3.05) is 18.2 Å². The van der Waals surface area contributed by atoms with Gasteiger partial charge in [0.2, 0.25) is 0 Å². The molecule has 94 valence electrons. The zero-order valence-corrected chi connectivity index (χ0v) is 10.5. The Morgan fingerprint density at radius 1 is 1.22 bits per heavy atom. The van der Waals surface area contributed by atoms with Crippen LogP contribution in [-0.4, -0.2) is 7.11 Å². The van der Waals surface area contributed by atoms with Gasteiger partial charge >= 0.3 is 0 Å². The molecule has 0 fully saturated rings. The van der Waals surface area contributed by atoms with Crippen LogP contribution in [-0.2, 0) is 0 Å². The zero-order valence-electron chi connectivity index (χ0n) is 9.71. The Labute approximate surface area is 109 Å². The standard InChI is InChI=1S/C13H12ClFN2O/c1-18-11-2-3-13(12(16)7-11)17-10-5-8(14)4-9(15)6-10/h2-7,17H,16H2,1H3. The van der Waals surface area contributed by atoms with E-state index in [-0.39, 0.29) is 0 Å². The Morgan fingerprint density at radius 2 is 2.00 bits per heavy atom. The van der Waals surface area contributed by atoms with E-state index in [1.165, 1.54) is 12.1 Å². The summed E-state index contributed by atoms with van der Waals surface area (Å²) in [5, 5.41) is 3.32. The highest BCUT2D eigenvalue weighted by molar-refractivity contribution is 6.30. The summed E-state index contributed by atoms with van der Waals surface area (Å²) < 4.78 is 18.2. The third kappa shape index (κ3) is 2.84.